The highest BCUT2D eigenvalue weighted by atomic mass is 35.5. The van der Waals surface area contributed by atoms with Crippen LogP contribution in [-0.4, -0.2) is 16.9 Å². The summed E-state index contributed by atoms with van der Waals surface area (Å²) in [4.78, 5) is 22.7. The number of carbonyl (C=O) groups is 1. The van der Waals surface area contributed by atoms with Gasteiger partial charge in [0.05, 0.1) is 11.0 Å². The van der Waals surface area contributed by atoms with Crippen LogP contribution in [0.15, 0.2) is 42.5 Å². The first-order valence-corrected chi connectivity index (χ1v) is 7.26. The zero-order chi connectivity index (χ0) is 17.0. The van der Waals surface area contributed by atoms with E-state index in [1.54, 1.807) is 24.3 Å². The second-order valence-corrected chi connectivity index (χ2v) is 5.50. The minimum absolute atomic E-state index is 0.0225. The van der Waals surface area contributed by atoms with E-state index in [4.69, 9.17) is 16.3 Å². The fourth-order valence-electron chi connectivity index (χ4n) is 1.94. The first kappa shape index (κ1) is 16.8. The molecule has 0 aliphatic carbocycles. The molecule has 0 heterocycles. The van der Waals surface area contributed by atoms with Crippen LogP contribution in [0.3, 0.4) is 0 Å². The lowest BCUT2D eigenvalue weighted by Gasteiger charge is -2.11. The molecule has 0 saturated heterocycles. The summed E-state index contributed by atoms with van der Waals surface area (Å²) in [6, 6.07) is 10.7. The van der Waals surface area contributed by atoms with Gasteiger partial charge in [-0.1, -0.05) is 17.7 Å². The van der Waals surface area contributed by atoms with Crippen LogP contribution in [0.5, 0.6) is 5.75 Å². The molecule has 1 amide bonds. The summed E-state index contributed by atoms with van der Waals surface area (Å²) in [5, 5.41) is 13.8. The Balaban J connectivity index is 2.24. The molecule has 7 heteroatoms. The van der Waals surface area contributed by atoms with E-state index in [0.717, 1.165) is 0 Å². The predicted molar refractivity (Wildman–Crippen MR) is 88.3 cm³/mol. The molecule has 2 aromatic rings. The van der Waals surface area contributed by atoms with E-state index >= 15 is 0 Å². The molecule has 0 aliphatic rings. The van der Waals surface area contributed by atoms with E-state index in [9.17, 15) is 14.9 Å². The van der Waals surface area contributed by atoms with Gasteiger partial charge in [0.1, 0.15) is 11.4 Å². The molecule has 0 atom stereocenters. The van der Waals surface area contributed by atoms with Crippen molar-refractivity contribution >= 4 is 28.9 Å². The molecular weight excluding hydrogens is 320 g/mol. The molecule has 0 spiro atoms. The predicted octanol–water partition coefficient (Wildman–Crippen LogP) is 4.29. The average molecular weight is 335 g/mol. The number of rotatable bonds is 5. The molecule has 0 radical (unpaired) electrons. The second-order valence-electron chi connectivity index (χ2n) is 5.07. The number of anilines is 1. The van der Waals surface area contributed by atoms with Crippen molar-refractivity contribution in [1.29, 1.82) is 0 Å². The summed E-state index contributed by atoms with van der Waals surface area (Å²) >= 11 is 5.75. The first-order valence-electron chi connectivity index (χ1n) is 6.89. The third kappa shape index (κ3) is 4.43. The molecule has 0 bridgehead atoms. The van der Waals surface area contributed by atoms with Crippen molar-refractivity contribution in [2.24, 2.45) is 0 Å². The SMILES string of the molecule is CC(C)Oc1cccc(C(=O)Nc2ccc(Cl)cc2[N+](=O)[O-])c1. The monoisotopic (exact) mass is 334 g/mol. The molecule has 0 saturated carbocycles. The number of halogens is 1. The molecule has 1 N–H and O–H groups in total. The van der Waals surface area contributed by atoms with Gasteiger partial charge in [-0.3, -0.25) is 14.9 Å². The van der Waals surface area contributed by atoms with Crippen molar-refractivity contribution in [3.63, 3.8) is 0 Å². The quantitative estimate of drug-likeness (QED) is 0.653. The maximum atomic E-state index is 12.3. The minimum atomic E-state index is -0.597. The fourth-order valence-corrected chi connectivity index (χ4v) is 2.11. The van der Waals surface area contributed by atoms with Crippen LogP contribution in [0.1, 0.15) is 24.2 Å². The van der Waals surface area contributed by atoms with Crippen molar-refractivity contribution in [2.75, 3.05) is 5.32 Å². The van der Waals surface area contributed by atoms with Gasteiger partial charge in [-0.05, 0) is 44.2 Å². The van der Waals surface area contributed by atoms with Crippen LogP contribution in [0.4, 0.5) is 11.4 Å². The molecule has 6 nitrogen and oxygen atoms in total. The molecular formula is C16H15ClN2O4. The van der Waals surface area contributed by atoms with E-state index in [-0.39, 0.29) is 22.5 Å². The number of nitro benzene ring substituents is 1. The first-order chi connectivity index (χ1) is 10.9. The van der Waals surface area contributed by atoms with Crippen LogP contribution < -0.4 is 10.1 Å². The van der Waals surface area contributed by atoms with Gasteiger partial charge in [0.2, 0.25) is 0 Å². The summed E-state index contributed by atoms with van der Waals surface area (Å²) in [6.07, 6.45) is -0.0225. The largest absolute Gasteiger partial charge is 0.491 e. The normalized spacial score (nSPS) is 10.4. The molecule has 0 aliphatic heterocycles. The third-order valence-corrected chi connectivity index (χ3v) is 3.11. The van der Waals surface area contributed by atoms with Crippen LogP contribution in [0.25, 0.3) is 0 Å². The van der Waals surface area contributed by atoms with E-state index in [0.29, 0.717) is 11.3 Å². The summed E-state index contributed by atoms with van der Waals surface area (Å²) in [5.74, 6) is 0.0860. The van der Waals surface area contributed by atoms with E-state index < -0.39 is 10.8 Å². The van der Waals surface area contributed by atoms with Gasteiger partial charge in [-0.25, -0.2) is 0 Å². The van der Waals surface area contributed by atoms with Gasteiger partial charge in [0.15, 0.2) is 0 Å². The van der Waals surface area contributed by atoms with Crippen LogP contribution >= 0.6 is 11.6 Å². The smallest absolute Gasteiger partial charge is 0.294 e. The number of hydrogen-bond donors (Lipinski definition) is 1. The number of ether oxygens (including phenoxy) is 1. The molecule has 120 valence electrons. The van der Waals surface area contributed by atoms with Gasteiger partial charge in [0, 0.05) is 16.7 Å². The van der Waals surface area contributed by atoms with Gasteiger partial charge in [-0.15, -0.1) is 0 Å². The van der Waals surface area contributed by atoms with Gasteiger partial charge >= 0.3 is 0 Å². The lowest BCUT2D eigenvalue weighted by molar-refractivity contribution is -0.383. The standard InChI is InChI=1S/C16H15ClN2O4/c1-10(2)23-13-5-3-4-11(8-13)16(20)18-14-7-6-12(17)9-15(14)19(21)22/h3-10H,1-2H3,(H,18,20). The Morgan fingerprint density at radius 3 is 2.65 bits per heavy atom. The number of carbonyl (C=O) groups excluding carboxylic acids is 1. The summed E-state index contributed by atoms with van der Waals surface area (Å²) in [6.45, 7) is 3.76. The number of nitrogens with zero attached hydrogens (tertiary/aromatic N) is 1. The Kier molecular flexibility index (Phi) is 5.18. The lowest BCUT2D eigenvalue weighted by atomic mass is 10.2. The van der Waals surface area contributed by atoms with E-state index in [1.165, 1.54) is 18.2 Å². The topological polar surface area (TPSA) is 81.5 Å². The Morgan fingerprint density at radius 1 is 1.26 bits per heavy atom. The number of nitro groups is 1. The molecule has 2 rings (SSSR count). The zero-order valence-electron chi connectivity index (χ0n) is 12.6. The molecule has 2 aromatic carbocycles. The highest BCUT2D eigenvalue weighted by Gasteiger charge is 2.17. The number of benzene rings is 2. The lowest BCUT2D eigenvalue weighted by Crippen LogP contribution is -2.13. The molecule has 0 aromatic heterocycles. The van der Waals surface area contributed by atoms with Crippen molar-refractivity contribution in [3.05, 3.63) is 63.2 Å². The number of hydrogen-bond acceptors (Lipinski definition) is 4. The van der Waals surface area contributed by atoms with Crippen LogP contribution in [0.2, 0.25) is 5.02 Å². The Bertz CT molecular complexity index is 747. The number of nitrogens with one attached hydrogen (secondary N) is 1. The zero-order valence-corrected chi connectivity index (χ0v) is 13.3. The van der Waals surface area contributed by atoms with Gasteiger partial charge in [0.25, 0.3) is 11.6 Å². The van der Waals surface area contributed by atoms with Crippen molar-refractivity contribution < 1.29 is 14.5 Å². The van der Waals surface area contributed by atoms with Gasteiger partial charge in [-0.2, -0.15) is 0 Å². The van der Waals surface area contributed by atoms with Crippen molar-refractivity contribution in [1.82, 2.24) is 0 Å². The Morgan fingerprint density at radius 2 is 2.00 bits per heavy atom. The summed E-state index contributed by atoms with van der Waals surface area (Å²) in [7, 11) is 0. The minimum Gasteiger partial charge on any atom is -0.491 e. The maximum absolute atomic E-state index is 12.3. The second kappa shape index (κ2) is 7.11. The van der Waals surface area contributed by atoms with E-state index in [1.807, 2.05) is 13.8 Å². The van der Waals surface area contributed by atoms with Crippen LogP contribution in [-0.2, 0) is 0 Å². The highest BCUT2D eigenvalue weighted by molar-refractivity contribution is 6.31. The van der Waals surface area contributed by atoms with Crippen molar-refractivity contribution in [2.45, 2.75) is 20.0 Å². The summed E-state index contributed by atoms with van der Waals surface area (Å²) in [5.41, 5.74) is 0.160. The number of amides is 1. The van der Waals surface area contributed by atoms with Crippen molar-refractivity contribution in [3.8, 4) is 5.75 Å². The summed E-state index contributed by atoms with van der Waals surface area (Å²) < 4.78 is 5.53. The maximum Gasteiger partial charge on any atom is 0.294 e. The Labute approximate surface area is 138 Å². The van der Waals surface area contributed by atoms with Gasteiger partial charge < -0.3 is 10.1 Å². The molecule has 0 fully saturated rings. The molecule has 0 unspecified atom stereocenters. The fraction of sp³-hybridized carbons (Fsp3) is 0.188. The molecule has 23 heavy (non-hydrogen) atoms. The average Bonchev–Trinajstić information content (AvgIpc) is 2.48. The third-order valence-electron chi connectivity index (χ3n) is 2.87. The highest BCUT2D eigenvalue weighted by Crippen LogP contribution is 2.28. The Hall–Kier alpha value is -2.60. The van der Waals surface area contributed by atoms with E-state index in [2.05, 4.69) is 5.32 Å². The van der Waals surface area contributed by atoms with Crippen LogP contribution in [0, 0.1) is 10.1 Å².